The Kier molecular flexibility index (Phi) is 6.16. The Balaban J connectivity index is 2.15. The fraction of sp³-hybridized carbons (Fsp3) is 0.217. The number of allylic oxidation sites excluding steroid dienone is 2. The smallest absolute Gasteiger partial charge is 0.416 e. The molecule has 1 atom stereocenters. The molecule has 0 amide bonds. The highest BCUT2D eigenvalue weighted by Gasteiger charge is 2.38. The van der Waals surface area contributed by atoms with E-state index < -0.39 is 23.6 Å². The van der Waals surface area contributed by atoms with Gasteiger partial charge in [-0.1, -0.05) is 18.2 Å². The standard InChI is InChI=1S/C23H19F3N2O4/c1-3-31-22(30)19-12(2)32-21(28)17(11-27)20(19)16-10-14(6-9-18(16)29)13-4-7-15(8-5-13)23(24,25)26/h4-10,20,29H,3,28H2,1-2H3. The maximum absolute atomic E-state index is 12.9. The van der Waals surface area contributed by atoms with Gasteiger partial charge in [0, 0.05) is 5.56 Å². The van der Waals surface area contributed by atoms with E-state index in [0.29, 0.717) is 11.1 Å². The van der Waals surface area contributed by atoms with Crippen LogP contribution in [0.3, 0.4) is 0 Å². The minimum atomic E-state index is -4.47. The van der Waals surface area contributed by atoms with Gasteiger partial charge in [0.1, 0.15) is 23.2 Å². The highest BCUT2D eigenvalue weighted by Crippen LogP contribution is 2.44. The molecule has 1 aliphatic heterocycles. The van der Waals surface area contributed by atoms with Crippen molar-refractivity contribution in [3.8, 4) is 22.9 Å². The molecule has 9 heteroatoms. The molecule has 3 rings (SSSR count). The Morgan fingerprint density at radius 1 is 1.22 bits per heavy atom. The zero-order valence-electron chi connectivity index (χ0n) is 17.2. The highest BCUT2D eigenvalue weighted by molar-refractivity contribution is 5.93. The predicted molar refractivity (Wildman–Crippen MR) is 109 cm³/mol. The maximum atomic E-state index is 12.9. The molecule has 0 saturated heterocycles. The third kappa shape index (κ3) is 4.25. The molecule has 0 fully saturated rings. The van der Waals surface area contributed by atoms with Gasteiger partial charge in [-0.3, -0.25) is 0 Å². The lowest BCUT2D eigenvalue weighted by Crippen LogP contribution is -2.25. The molecule has 2 aromatic rings. The van der Waals surface area contributed by atoms with Crippen LogP contribution in [-0.4, -0.2) is 17.7 Å². The number of nitriles is 1. The van der Waals surface area contributed by atoms with Gasteiger partial charge < -0.3 is 20.3 Å². The molecule has 32 heavy (non-hydrogen) atoms. The topological polar surface area (TPSA) is 106 Å². The zero-order valence-corrected chi connectivity index (χ0v) is 17.2. The number of benzene rings is 2. The molecule has 3 N–H and O–H groups in total. The van der Waals surface area contributed by atoms with Gasteiger partial charge in [-0.05, 0) is 49.2 Å². The molecule has 0 aromatic heterocycles. The first-order valence-electron chi connectivity index (χ1n) is 9.54. The number of phenolic OH excluding ortho intramolecular Hbond substituents is 1. The molecule has 6 nitrogen and oxygen atoms in total. The van der Waals surface area contributed by atoms with Gasteiger partial charge in [0.05, 0.1) is 23.7 Å². The van der Waals surface area contributed by atoms with Crippen molar-refractivity contribution in [1.82, 2.24) is 0 Å². The number of ether oxygens (including phenoxy) is 2. The summed E-state index contributed by atoms with van der Waals surface area (Å²) in [5.41, 5.74) is 6.04. The number of alkyl halides is 3. The molecule has 0 radical (unpaired) electrons. The van der Waals surface area contributed by atoms with E-state index in [0.717, 1.165) is 12.1 Å². The van der Waals surface area contributed by atoms with E-state index in [4.69, 9.17) is 15.2 Å². The van der Waals surface area contributed by atoms with Crippen LogP contribution in [0.5, 0.6) is 5.75 Å². The van der Waals surface area contributed by atoms with Crippen LogP contribution in [0.4, 0.5) is 13.2 Å². The molecular weight excluding hydrogens is 425 g/mol. The third-order valence-corrected chi connectivity index (χ3v) is 4.99. The summed E-state index contributed by atoms with van der Waals surface area (Å²) in [5, 5.41) is 20.2. The minimum absolute atomic E-state index is 0.00234. The summed E-state index contributed by atoms with van der Waals surface area (Å²) in [5.74, 6) is -2.16. The lowest BCUT2D eigenvalue weighted by Gasteiger charge is -2.27. The second kappa shape index (κ2) is 8.67. The van der Waals surface area contributed by atoms with Crippen LogP contribution in [0.15, 0.2) is 65.3 Å². The van der Waals surface area contributed by atoms with Crippen molar-refractivity contribution in [1.29, 1.82) is 5.26 Å². The van der Waals surface area contributed by atoms with Crippen LogP contribution in [0.2, 0.25) is 0 Å². The summed E-state index contributed by atoms with van der Waals surface area (Å²) in [4.78, 5) is 12.6. The molecular formula is C23H19F3N2O4. The number of nitrogens with zero attached hydrogens (tertiary/aromatic N) is 1. The minimum Gasteiger partial charge on any atom is -0.508 e. The van der Waals surface area contributed by atoms with E-state index in [1.807, 2.05) is 6.07 Å². The lowest BCUT2D eigenvalue weighted by molar-refractivity contribution is -0.139. The molecule has 1 aliphatic rings. The van der Waals surface area contributed by atoms with Crippen molar-refractivity contribution in [2.75, 3.05) is 6.61 Å². The molecule has 0 aliphatic carbocycles. The number of phenols is 1. The number of nitrogens with two attached hydrogens (primary N) is 1. The molecule has 166 valence electrons. The monoisotopic (exact) mass is 444 g/mol. The Morgan fingerprint density at radius 2 is 1.84 bits per heavy atom. The van der Waals surface area contributed by atoms with Crippen molar-refractivity contribution < 1.29 is 32.5 Å². The quantitative estimate of drug-likeness (QED) is 0.661. The van der Waals surface area contributed by atoms with E-state index in [-0.39, 0.29) is 40.7 Å². The number of esters is 1. The van der Waals surface area contributed by atoms with E-state index in [1.165, 1.54) is 37.3 Å². The number of rotatable bonds is 4. The molecule has 2 aromatic carbocycles. The summed E-state index contributed by atoms with van der Waals surface area (Å²) >= 11 is 0. The number of carbonyl (C=O) groups is 1. The molecule has 0 spiro atoms. The number of hydrogen-bond acceptors (Lipinski definition) is 6. The van der Waals surface area contributed by atoms with E-state index in [2.05, 4.69) is 0 Å². The number of carbonyl (C=O) groups excluding carboxylic acids is 1. The van der Waals surface area contributed by atoms with Crippen LogP contribution in [0.25, 0.3) is 11.1 Å². The van der Waals surface area contributed by atoms with Crippen LogP contribution in [0.1, 0.15) is 30.9 Å². The largest absolute Gasteiger partial charge is 0.508 e. The first-order chi connectivity index (χ1) is 15.1. The molecule has 1 heterocycles. The van der Waals surface area contributed by atoms with Gasteiger partial charge >= 0.3 is 12.1 Å². The maximum Gasteiger partial charge on any atom is 0.416 e. The Morgan fingerprint density at radius 3 is 2.41 bits per heavy atom. The van der Waals surface area contributed by atoms with Crippen LogP contribution >= 0.6 is 0 Å². The van der Waals surface area contributed by atoms with Gasteiger partial charge in [-0.15, -0.1) is 0 Å². The van der Waals surface area contributed by atoms with E-state index in [1.54, 1.807) is 6.92 Å². The number of halogens is 3. The average Bonchev–Trinajstić information content (AvgIpc) is 2.73. The summed E-state index contributed by atoms with van der Waals surface area (Å²) in [6, 6.07) is 10.7. The number of hydrogen-bond donors (Lipinski definition) is 2. The summed E-state index contributed by atoms with van der Waals surface area (Å²) in [7, 11) is 0. The highest BCUT2D eigenvalue weighted by atomic mass is 19.4. The molecule has 0 saturated carbocycles. The first-order valence-corrected chi connectivity index (χ1v) is 9.54. The molecule has 0 bridgehead atoms. The van der Waals surface area contributed by atoms with Gasteiger partial charge in [-0.2, -0.15) is 18.4 Å². The molecule has 1 unspecified atom stereocenters. The van der Waals surface area contributed by atoms with Crippen LogP contribution in [-0.2, 0) is 20.4 Å². The Bertz CT molecular complexity index is 1160. The first kappa shape index (κ1) is 22.7. The van der Waals surface area contributed by atoms with Crippen LogP contribution < -0.4 is 5.73 Å². The Labute approximate surface area is 182 Å². The predicted octanol–water partition coefficient (Wildman–Crippen LogP) is 4.72. The summed E-state index contributed by atoms with van der Waals surface area (Å²) in [6.07, 6.45) is -4.47. The van der Waals surface area contributed by atoms with Gasteiger partial charge in [-0.25, -0.2) is 4.79 Å². The second-order valence-corrected chi connectivity index (χ2v) is 6.96. The average molecular weight is 444 g/mol. The van der Waals surface area contributed by atoms with Gasteiger partial charge in [0.15, 0.2) is 0 Å². The summed E-state index contributed by atoms with van der Waals surface area (Å²) < 4.78 is 49.1. The second-order valence-electron chi connectivity index (χ2n) is 6.96. The van der Waals surface area contributed by atoms with Crippen LogP contribution in [0, 0.1) is 11.3 Å². The SMILES string of the molecule is CCOC(=O)C1=C(C)OC(N)=C(C#N)C1c1cc(-c2ccc(C(F)(F)F)cc2)ccc1O. The summed E-state index contributed by atoms with van der Waals surface area (Å²) in [6.45, 7) is 3.17. The zero-order chi connectivity index (χ0) is 23.6. The fourth-order valence-electron chi connectivity index (χ4n) is 3.48. The fourth-order valence-corrected chi connectivity index (χ4v) is 3.48. The third-order valence-electron chi connectivity index (χ3n) is 4.99. The lowest BCUT2D eigenvalue weighted by atomic mass is 9.81. The van der Waals surface area contributed by atoms with Gasteiger partial charge in [0.25, 0.3) is 0 Å². The van der Waals surface area contributed by atoms with Crippen molar-refractivity contribution in [2.45, 2.75) is 25.9 Å². The van der Waals surface area contributed by atoms with Gasteiger partial charge in [0.2, 0.25) is 5.88 Å². The van der Waals surface area contributed by atoms with Crippen molar-refractivity contribution in [3.05, 3.63) is 76.4 Å². The Hall–Kier alpha value is -3.93. The van der Waals surface area contributed by atoms with Crippen molar-refractivity contribution in [3.63, 3.8) is 0 Å². The normalized spacial score (nSPS) is 16.4. The van der Waals surface area contributed by atoms with Crippen molar-refractivity contribution in [2.24, 2.45) is 5.73 Å². The van der Waals surface area contributed by atoms with E-state index in [9.17, 15) is 28.3 Å². The van der Waals surface area contributed by atoms with E-state index >= 15 is 0 Å². The van der Waals surface area contributed by atoms with Crippen molar-refractivity contribution >= 4 is 5.97 Å². The number of aromatic hydroxyl groups is 1.